The Labute approximate surface area is 196 Å². The zero-order chi connectivity index (χ0) is 19.5. The highest BCUT2D eigenvalue weighted by atomic mass is 79.9. The summed E-state index contributed by atoms with van der Waals surface area (Å²) in [5, 5.41) is 0.830. The van der Waals surface area contributed by atoms with Crippen LogP contribution in [0.15, 0.2) is 69.6 Å². The van der Waals surface area contributed by atoms with Crippen molar-refractivity contribution in [2.45, 2.75) is 11.7 Å². The number of imidazole rings is 1. The Kier molecular flexibility index (Phi) is 7.56. The SMILES string of the molecule is Br.COc1ccc2c(c1)nc(SCC(=O)c1ccc(Br)s1)n2Cc1ccccc1. The first-order valence-corrected chi connectivity index (χ1v) is 11.2. The van der Waals surface area contributed by atoms with E-state index in [1.807, 2.05) is 48.5 Å². The number of hydrogen-bond donors (Lipinski definition) is 0. The van der Waals surface area contributed by atoms with Gasteiger partial charge < -0.3 is 9.30 Å². The van der Waals surface area contributed by atoms with Gasteiger partial charge in [-0.1, -0.05) is 42.1 Å². The van der Waals surface area contributed by atoms with Gasteiger partial charge in [0.15, 0.2) is 10.9 Å². The summed E-state index contributed by atoms with van der Waals surface area (Å²) in [6.45, 7) is 0.699. The van der Waals surface area contributed by atoms with Gasteiger partial charge in [0.2, 0.25) is 0 Å². The van der Waals surface area contributed by atoms with Crippen LogP contribution >= 0.6 is 56.0 Å². The lowest BCUT2D eigenvalue weighted by Gasteiger charge is -2.09. The van der Waals surface area contributed by atoms with Crippen molar-refractivity contribution in [1.29, 1.82) is 0 Å². The van der Waals surface area contributed by atoms with E-state index in [1.54, 1.807) is 7.11 Å². The number of ketones is 1. The summed E-state index contributed by atoms with van der Waals surface area (Å²) in [6, 6.07) is 19.9. The Morgan fingerprint density at radius 3 is 2.66 bits per heavy atom. The van der Waals surface area contributed by atoms with Crippen molar-refractivity contribution in [2.75, 3.05) is 12.9 Å². The number of carbonyl (C=O) groups is 1. The number of ether oxygens (including phenoxy) is 1. The van der Waals surface area contributed by atoms with E-state index < -0.39 is 0 Å². The number of halogens is 2. The van der Waals surface area contributed by atoms with Crippen LogP contribution in [0.3, 0.4) is 0 Å². The minimum Gasteiger partial charge on any atom is -0.497 e. The van der Waals surface area contributed by atoms with Gasteiger partial charge in [-0.05, 0) is 45.8 Å². The Bertz CT molecular complexity index is 1130. The molecular formula is C21H18Br2N2O2S2. The van der Waals surface area contributed by atoms with Crippen LogP contribution in [0.25, 0.3) is 11.0 Å². The number of methoxy groups -OCH3 is 1. The minimum absolute atomic E-state index is 0. The van der Waals surface area contributed by atoms with E-state index in [2.05, 4.69) is 32.6 Å². The van der Waals surface area contributed by atoms with Crippen LogP contribution in [0.2, 0.25) is 0 Å². The maximum absolute atomic E-state index is 12.5. The lowest BCUT2D eigenvalue weighted by atomic mass is 10.2. The average molecular weight is 554 g/mol. The molecule has 29 heavy (non-hydrogen) atoms. The number of carbonyl (C=O) groups excluding carboxylic acids is 1. The van der Waals surface area contributed by atoms with Crippen molar-refractivity contribution >= 4 is 72.8 Å². The quantitative estimate of drug-likeness (QED) is 0.194. The predicted molar refractivity (Wildman–Crippen MR) is 129 cm³/mol. The molecule has 0 bridgehead atoms. The molecule has 0 saturated carbocycles. The zero-order valence-electron chi connectivity index (χ0n) is 15.5. The number of hydrogen-bond acceptors (Lipinski definition) is 5. The fourth-order valence-electron chi connectivity index (χ4n) is 2.91. The van der Waals surface area contributed by atoms with Crippen molar-refractivity contribution < 1.29 is 9.53 Å². The second-order valence-electron chi connectivity index (χ2n) is 6.14. The number of thiophene rings is 1. The predicted octanol–water partition coefficient (Wildman–Crippen LogP) is 6.47. The molecule has 4 aromatic rings. The molecule has 150 valence electrons. The highest BCUT2D eigenvalue weighted by Crippen LogP contribution is 2.29. The van der Waals surface area contributed by atoms with E-state index >= 15 is 0 Å². The molecule has 0 spiro atoms. The van der Waals surface area contributed by atoms with E-state index in [9.17, 15) is 4.79 Å². The maximum atomic E-state index is 12.5. The van der Waals surface area contributed by atoms with Crippen molar-refractivity contribution in [3.05, 3.63) is 74.9 Å². The molecule has 0 atom stereocenters. The van der Waals surface area contributed by atoms with Crippen LogP contribution in [0.1, 0.15) is 15.2 Å². The molecule has 0 radical (unpaired) electrons. The third-order valence-electron chi connectivity index (χ3n) is 4.28. The van der Waals surface area contributed by atoms with Gasteiger partial charge in [0.05, 0.1) is 39.1 Å². The molecule has 0 aliphatic carbocycles. The van der Waals surface area contributed by atoms with Gasteiger partial charge in [-0.25, -0.2) is 4.98 Å². The van der Waals surface area contributed by atoms with Crippen molar-refractivity contribution in [3.63, 3.8) is 0 Å². The topological polar surface area (TPSA) is 44.1 Å². The molecule has 0 aliphatic rings. The van der Waals surface area contributed by atoms with Crippen LogP contribution in [0.4, 0.5) is 0 Å². The van der Waals surface area contributed by atoms with Crippen LogP contribution in [0, 0.1) is 0 Å². The summed E-state index contributed by atoms with van der Waals surface area (Å²) in [5.74, 6) is 1.23. The average Bonchev–Trinajstić information content (AvgIpc) is 3.30. The summed E-state index contributed by atoms with van der Waals surface area (Å²) in [6.07, 6.45) is 0. The van der Waals surface area contributed by atoms with Crippen LogP contribution in [-0.2, 0) is 6.54 Å². The summed E-state index contributed by atoms with van der Waals surface area (Å²) >= 11 is 6.34. The number of thioether (sulfide) groups is 1. The van der Waals surface area contributed by atoms with E-state index in [1.165, 1.54) is 28.7 Å². The van der Waals surface area contributed by atoms with Gasteiger partial charge in [0.1, 0.15) is 5.75 Å². The van der Waals surface area contributed by atoms with E-state index in [0.717, 1.165) is 30.6 Å². The summed E-state index contributed by atoms with van der Waals surface area (Å²) in [4.78, 5) is 18.1. The van der Waals surface area contributed by atoms with Gasteiger partial charge in [-0.15, -0.1) is 28.3 Å². The smallest absolute Gasteiger partial charge is 0.183 e. The van der Waals surface area contributed by atoms with Crippen molar-refractivity contribution in [1.82, 2.24) is 9.55 Å². The van der Waals surface area contributed by atoms with Gasteiger partial charge >= 0.3 is 0 Å². The number of Topliss-reactive ketones (excluding diaryl/α,β-unsaturated/α-hetero) is 1. The van der Waals surface area contributed by atoms with Crippen molar-refractivity contribution in [2.24, 2.45) is 0 Å². The maximum Gasteiger partial charge on any atom is 0.183 e. The third kappa shape index (κ3) is 5.12. The Morgan fingerprint density at radius 2 is 1.97 bits per heavy atom. The fourth-order valence-corrected chi connectivity index (χ4v) is 5.22. The van der Waals surface area contributed by atoms with Gasteiger partial charge in [-0.2, -0.15) is 0 Å². The normalized spacial score (nSPS) is 10.7. The monoisotopic (exact) mass is 552 g/mol. The lowest BCUT2D eigenvalue weighted by Crippen LogP contribution is -2.04. The van der Waals surface area contributed by atoms with Crippen LogP contribution in [0.5, 0.6) is 5.75 Å². The molecule has 4 nitrogen and oxygen atoms in total. The van der Waals surface area contributed by atoms with Crippen molar-refractivity contribution in [3.8, 4) is 5.75 Å². The number of benzene rings is 2. The molecule has 4 rings (SSSR count). The van der Waals surface area contributed by atoms with E-state index in [0.29, 0.717) is 12.3 Å². The first-order chi connectivity index (χ1) is 13.6. The molecular weight excluding hydrogens is 536 g/mol. The first kappa shape index (κ1) is 22.1. The summed E-state index contributed by atoms with van der Waals surface area (Å²) < 4.78 is 8.46. The molecule has 8 heteroatoms. The number of aromatic nitrogens is 2. The van der Waals surface area contributed by atoms with Crippen LogP contribution < -0.4 is 4.74 Å². The second-order valence-corrected chi connectivity index (χ2v) is 9.54. The van der Waals surface area contributed by atoms with E-state index in [4.69, 9.17) is 9.72 Å². The summed E-state index contributed by atoms with van der Waals surface area (Å²) in [5.41, 5.74) is 3.08. The molecule has 0 aliphatic heterocycles. The van der Waals surface area contributed by atoms with Crippen LogP contribution in [-0.4, -0.2) is 28.2 Å². The van der Waals surface area contributed by atoms with E-state index in [-0.39, 0.29) is 22.8 Å². The molecule has 2 heterocycles. The second kappa shape index (κ2) is 9.93. The first-order valence-electron chi connectivity index (χ1n) is 8.63. The zero-order valence-corrected chi connectivity index (χ0v) is 20.4. The summed E-state index contributed by atoms with van der Waals surface area (Å²) in [7, 11) is 1.65. The largest absolute Gasteiger partial charge is 0.497 e. The Hall–Kier alpha value is -1.61. The molecule has 0 N–H and O–H groups in total. The molecule has 0 unspecified atom stereocenters. The number of rotatable bonds is 7. The van der Waals surface area contributed by atoms with Gasteiger partial charge in [0.25, 0.3) is 0 Å². The molecule has 0 fully saturated rings. The highest BCUT2D eigenvalue weighted by molar-refractivity contribution is 9.11. The standard InChI is InChI=1S/C21H17BrN2O2S2.BrH/c1-26-15-7-8-17-16(11-15)23-21(24(17)12-14-5-3-2-4-6-14)27-13-18(25)19-9-10-20(22)28-19;/h2-11H,12-13H2,1H3;1H. The fraction of sp³-hybridized carbons (Fsp3) is 0.143. The third-order valence-corrected chi connectivity index (χ3v) is 6.93. The molecule has 2 aromatic heterocycles. The Morgan fingerprint density at radius 1 is 1.17 bits per heavy atom. The van der Waals surface area contributed by atoms with Gasteiger partial charge in [-0.3, -0.25) is 4.79 Å². The Balaban J connectivity index is 0.00000240. The highest BCUT2D eigenvalue weighted by Gasteiger charge is 2.16. The molecule has 2 aromatic carbocycles. The lowest BCUT2D eigenvalue weighted by molar-refractivity contribution is 0.102. The molecule has 0 saturated heterocycles. The molecule has 0 amide bonds. The number of nitrogens with zero attached hydrogens (tertiary/aromatic N) is 2. The van der Waals surface area contributed by atoms with Gasteiger partial charge in [0, 0.05) is 6.07 Å². The number of fused-ring (bicyclic) bond motifs is 1. The minimum atomic E-state index is 0.